The Bertz CT molecular complexity index is 3330. The summed E-state index contributed by atoms with van der Waals surface area (Å²) < 4.78 is 153. The minimum absolute atomic E-state index is 0.0300. The van der Waals surface area contributed by atoms with E-state index in [1.807, 2.05) is 0 Å². The molecule has 0 radical (unpaired) electrons. The van der Waals surface area contributed by atoms with Crippen LogP contribution in [0.4, 0.5) is 55.5 Å². The summed E-state index contributed by atoms with van der Waals surface area (Å²) >= 11 is 0. The maximum Gasteiger partial charge on any atom is 0.246 e. The summed E-state index contributed by atoms with van der Waals surface area (Å²) in [5.74, 6) is -19.6. The van der Waals surface area contributed by atoms with Gasteiger partial charge in [-0.3, -0.25) is 9.59 Å². The van der Waals surface area contributed by atoms with E-state index in [1.54, 1.807) is 19.2 Å². The van der Waals surface area contributed by atoms with E-state index in [4.69, 9.17) is 20.9 Å². The van der Waals surface area contributed by atoms with Crippen molar-refractivity contribution in [2.24, 2.45) is 0 Å². The minimum atomic E-state index is -1.77. The second kappa shape index (κ2) is 19.8. The monoisotopic (exact) mass is 1030 g/mol. The van der Waals surface area contributed by atoms with Crippen LogP contribution in [0.15, 0.2) is 86.5 Å². The first kappa shape index (κ1) is 49.9. The summed E-state index contributed by atoms with van der Waals surface area (Å²) in [4.78, 5) is 43.6. The molecule has 16 nitrogen and oxygen atoms in total. The molecule has 0 aliphatic carbocycles. The fourth-order valence-corrected chi connectivity index (χ4v) is 8.44. The number of anilines is 2. The van der Waals surface area contributed by atoms with Crippen molar-refractivity contribution in [2.45, 2.75) is 24.9 Å². The van der Waals surface area contributed by atoms with Gasteiger partial charge in [-0.15, -0.1) is 0 Å². The molecule has 2 fully saturated rings. The number of likely N-dealkylation sites (tertiary alicyclic amines) is 2. The van der Waals surface area contributed by atoms with Gasteiger partial charge in [-0.05, 0) is 49.3 Å². The summed E-state index contributed by atoms with van der Waals surface area (Å²) in [6.45, 7) is 8.54. The Kier molecular flexibility index (Phi) is 13.4. The summed E-state index contributed by atoms with van der Waals surface area (Å²) in [6, 6.07) is 5.76. The lowest BCUT2D eigenvalue weighted by atomic mass is 10.1. The molecule has 0 saturated carbocycles. The van der Waals surface area contributed by atoms with Crippen molar-refractivity contribution in [2.75, 3.05) is 37.6 Å². The Balaban J connectivity index is 0.000000182. The lowest BCUT2D eigenvalue weighted by molar-refractivity contribution is -0.125. The highest BCUT2D eigenvalue weighted by atomic mass is 19.2. The van der Waals surface area contributed by atoms with Crippen LogP contribution in [0.1, 0.15) is 24.9 Å². The Labute approximate surface area is 409 Å². The highest BCUT2D eigenvalue weighted by Gasteiger charge is 2.33. The lowest BCUT2D eigenvalue weighted by Crippen LogP contribution is -2.27. The number of aromatic nitrogens is 8. The molecule has 2 aliphatic rings. The fourth-order valence-electron chi connectivity index (χ4n) is 8.44. The molecule has 4 aromatic carbocycles. The zero-order valence-corrected chi connectivity index (χ0v) is 37.8. The van der Waals surface area contributed by atoms with Crippen molar-refractivity contribution < 1.29 is 63.0 Å². The first-order valence-electron chi connectivity index (χ1n) is 21.8. The van der Waals surface area contributed by atoms with Gasteiger partial charge in [0.05, 0.1) is 22.9 Å². The smallest absolute Gasteiger partial charge is 0.246 e. The van der Waals surface area contributed by atoms with Crippen LogP contribution in [-0.4, -0.2) is 87.3 Å². The molecular weight excluding hydrogens is 999 g/mol. The van der Waals surface area contributed by atoms with Crippen LogP contribution in [0.3, 0.4) is 0 Å². The minimum Gasteiger partial charge on any atom is -0.451 e. The number of halogens is 10. The predicted octanol–water partition coefficient (Wildman–Crippen LogP) is 9.05. The summed E-state index contributed by atoms with van der Waals surface area (Å²) in [5.41, 5.74) is 12.8. The van der Waals surface area contributed by atoms with Crippen LogP contribution in [0, 0.1) is 58.2 Å². The molecule has 2 atom stereocenters. The van der Waals surface area contributed by atoms with E-state index in [1.165, 1.54) is 36.9 Å². The topological polar surface area (TPSA) is 198 Å². The van der Waals surface area contributed by atoms with Crippen LogP contribution in [0.5, 0.6) is 23.0 Å². The zero-order valence-electron chi connectivity index (χ0n) is 37.8. The highest BCUT2D eigenvalue weighted by molar-refractivity contribution is 5.99. The third-order valence-corrected chi connectivity index (χ3v) is 12.0. The van der Waals surface area contributed by atoms with E-state index in [-0.39, 0.29) is 81.0 Å². The average molecular weight is 1030 g/mol. The number of fused-ring (bicyclic) bond motifs is 2. The fraction of sp³-hybridized carbons (Fsp3) is 0.167. The number of benzene rings is 4. The first-order valence-corrected chi connectivity index (χ1v) is 21.8. The van der Waals surface area contributed by atoms with Crippen LogP contribution >= 0.6 is 0 Å². The Morgan fingerprint density at radius 2 is 0.905 bits per heavy atom. The largest absolute Gasteiger partial charge is 0.451 e. The molecule has 74 heavy (non-hydrogen) atoms. The van der Waals surface area contributed by atoms with Gasteiger partial charge in [0.25, 0.3) is 0 Å². The van der Waals surface area contributed by atoms with E-state index >= 15 is 8.78 Å². The van der Waals surface area contributed by atoms with Crippen molar-refractivity contribution in [3.05, 3.63) is 145 Å². The van der Waals surface area contributed by atoms with Crippen molar-refractivity contribution in [3.8, 4) is 45.5 Å². The van der Waals surface area contributed by atoms with Gasteiger partial charge in [-0.2, -0.15) is 27.8 Å². The van der Waals surface area contributed by atoms with Crippen molar-refractivity contribution >= 4 is 45.5 Å². The second-order valence-corrected chi connectivity index (χ2v) is 16.4. The molecule has 2 saturated heterocycles. The quantitative estimate of drug-likeness (QED) is 0.0750. The van der Waals surface area contributed by atoms with Crippen molar-refractivity contribution in [1.29, 1.82) is 0 Å². The van der Waals surface area contributed by atoms with Gasteiger partial charge in [0, 0.05) is 61.6 Å². The standard InChI is InChI=1S/2C24H17F5N6O2/c2*1-2-17(36)34-6-5-11(9-34)35-24-18(23(30)31-10-32-24)21(33-35)13-4-3-12(7-14(13)25)37-22-19(28)15(26)8-16(27)20(22)29/h2*2-4,7-8,10-11H,1,5-6,9H2,(H2,30,31,32)/t2*11-/m10/s1. The number of nitrogens with two attached hydrogens (primary N) is 2. The Morgan fingerprint density at radius 1 is 0.541 bits per heavy atom. The number of amides is 2. The van der Waals surface area contributed by atoms with E-state index in [0.717, 1.165) is 24.3 Å². The SMILES string of the molecule is C=CC(=O)N1CC[C@@H](n2nc(-c3ccc(Oc4c(F)c(F)cc(F)c4F)cc3F)c3c(N)ncnc32)C1.C=CC(=O)N1CC[C@H](n2nc(-c3ccc(Oc4c(F)c(F)cc(F)c4F)cc3F)c3c(N)ncnc32)C1. The molecule has 0 bridgehead atoms. The number of nitrogen functional groups attached to an aromatic ring is 2. The van der Waals surface area contributed by atoms with Crippen LogP contribution in [0.25, 0.3) is 44.6 Å². The Hall–Kier alpha value is -9.10. The maximum atomic E-state index is 15.2. The normalized spacial score (nSPS) is 15.4. The molecule has 10 rings (SSSR count). The number of carbonyl (C=O) groups is 2. The predicted molar refractivity (Wildman–Crippen MR) is 244 cm³/mol. The number of hydrogen-bond acceptors (Lipinski definition) is 12. The molecule has 380 valence electrons. The number of carbonyl (C=O) groups excluding carboxylic acids is 2. The van der Waals surface area contributed by atoms with E-state index in [0.29, 0.717) is 50.3 Å². The zero-order chi connectivity index (χ0) is 52.9. The third kappa shape index (κ3) is 9.08. The third-order valence-electron chi connectivity index (χ3n) is 12.0. The van der Waals surface area contributed by atoms with Crippen LogP contribution in [-0.2, 0) is 9.59 Å². The molecular formula is C48H34F10N12O4. The van der Waals surface area contributed by atoms with Gasteiger partial charge in [0.1, 0.15) is 58.8 Å². The molecule has 8 aromatic rings. The molecule has 6 heterocycles. The lowest BCUT2D eigenvalue weighted by Gasteiger charge is -2.14. The van der Waals surface area contributed by atoms with Crippen LogP contribution in [0.2, 0.25) is 0 Å². The van der Waals surface area contributed by atoms with Gasteiger partial charge in [-0.1, -0.05) is 13.2 Å². The van der Waals surface area contributed by atoms with Gasteiger partial charge in [0.2, 0.25) is 46.6 Å². The average Bonchev–Trinajstić information content (AvgIpc) is 4.22. The number of ether oxygens (including phenoxy) is 2. The van der Waals surface area contributed by atoms with Crippen molar-refractivity contribution in [3.63, 3.8) is 0 Å². The van der Waals surface area contributed by atoms with Crippen LogP contribution < -0.4 is 20.9 Å². The Morgan fingerprint density at radius 3 is 1.24 bits per heavy atom. The van der Waals surface area contributed by atoms with Gasteiger partial charge in [0.15, 0.2) is 34.6 Å². The van der Waals surface area contributed by atoms with E-state index in [9.17, 15) is 44.7 Å². The van der Waals surface area contributed by atoms with Gasteiger partial charge >= 0.3 is 0 Å². The highest BCUT2D eigenvalue weighted by Crippen LogP contribution is 2.40. The van der Waals surface area contributed by atoms with Gasteiger partial charge < -0.3 is 30.7 Å². The molecule has 0 unspecified atom stereocenters. The summed E-state index contributed by atoms with van der Waals surface area (Å²) in [6.07, 6.45) is 5.99. The van der Waals surface area contributed by atoms with Crippen molar-refractivity contribution in [1.82, 2.24) is 49.3 Å². The molecule has 26 heteroatoms. The first-order chi connectivity index (χ1) is 35.4. The maximum absolute atomic E-state index is 15.2. The second-order valence-electron chi connectivity index (χ2n) is 16.4. The number of rotatable bonds is 10. The molecule has 4 aromatic heterocycles. The van der Waals surface area contributed by atoms with E-state index < -0.39 is 81.2 Å². The molecule has 0 spiro atoms. The number of hydrogen-bond donors (Lipinski definition) is 2. The summed E-state index contributed by atoms with van der Waals surface area (Å²) in [5, 5.41) is 9.55. The number of nitrogens with zero attached hydrogens (tertiary/aromatic N) is 10. The van der Waals surface area contributed by atoms with E-state index in [2.05, 4.69) is 43.3 Å². The summed E-state index contributed by atoms with van der Waals surface area (Å²) in [7, 11) is 0. The molecule has 2 aliphatic heterocycles. The van der Waals surface area contributed by atoms with Gasteiger partial charge in [-0.25, -0.2) is 55.6 Å². The molecule has 2 amide bonds. The molecule has 4 N–H and O–H groups in total.